The van der Waals surface area contributed by atoms with Gasteiger partial charge in [0.1, 0.15) is 6.29 Å². The number of hydrogen-bond acceptors (Lipinski definition) is 4. The number of fused-ring (bicyclic) bond motifs is 1. The summed E-state index contributed by atoms with van der Waals surface area (Å²) in [5.74, 6) is -0.342. The van der Waals surface area contributed by atoms with Crippen LogP contribution in [0, 0.1) is 17.2 Å². The van der Waals surface area contributed by atoms with Crippen molar-refractivity contribution in [3.63, 3.8) is 0 Å². The van der Waals surface area contributed by atoms with Gasteiger partial charge in [0, 0.05) is 18.0 Å². The highest BCUT2D eigenvalue weighted by atomic mass is 16.3. The van der Waals surface area contributed by atoms with Gasteiger partial charge in [-0.3, -0.25) is 4.98 Å². The molecule has 0 spiro atoms. The zero-order valence-electron chi connectivity index (χ0n) is 14.4. The highest BCUT2D eigenvalue weighted by Crippen LogP contribution is 2.32. The Morgan fingerprint density at radius 2 is 2.04 bits per heavy atom. The number of rotatable bonds is 7. The monoisotopic (exact) mass is 344 g/mol. The molecule has 0 amide bonds. The molecule has 3 aromatic rings. The summed E-state index contributed by atoms with van der Waals surface area (Å²) in [6, 6.07) is 18.2. The molecular formula is C22H20N2O2. The van der Waals surface area contributed by atoms with Crippen LogP contribution < -0.4 is 0 Å². The molecule has 2 aromatic carbocycles. The number of pyridine rings is 1. The highest BCUT2D eigenvalue weighted by molar-refractivity contribution is 5.96. The second-order valence-electron chi connectivity index (χ2n) is 6.29. The largest absolute Gasteiger partial charge is 0.395 e. The van der Waals surface area contributed by atoms with Crippen LogP contribution in [0.4, 0.5) is 0 Å². The van der Waals surface area contributed by atoms with Gasteiger partial charge in [-0.05, 0) is 41.2 Å². The molecule has 0 aliphatic heterocycles. The molecule has 130 valence electrons. The maximum absolute atomic E-state index is 11.1. The first-order valence-electron chi connectivity index (χ1n) is 8.67. The van der Waals surface area contributed by atoms with E-state index in [4.69, 9.17) is 5.26 Å². The lowest BCUT2D eigenvalue weighted by Crippen LogP contribution is -2.04. The minimum Gasteiger partial charge on any atom is -0.395 e. The molecule has 1 atom stereocenters. The first-order valence-corrected chi connectivity index (χ1v) is 8.67. The molecule has 26 heavy (non-hydrogen) atoms. The summed E-state index contributed by atoms with van der Waals surface area (Å²) in [6.45, 7) is -0.116. The lowest BCUT2D eigenvalue weighted by molar-refractivity contribution is -0.107. The lowest BCUT2D eigenvalue weighted by atomic mass is 9.92. The number of nitriles is 1. The van der Waals surface area contributed by atoms with Crippen LogP contribution >= 0.6 is 0 Å². The fourth-order valence-electron chi connectivity index (χ4n) is 3.19. The molecule has 0 saturated carbocycles. The standard InChI is InChI=1S/C22H20N2O2/c23-13-17(15-26)9-8-16-4-3-5-18(12-16)22-19(10-11-25)14-24-21-7-2-1-6-20(21)22/h1-7,11-12,14,17,26H,8-10,15H2. The number of aldehydes is 1. The molecule has 3 rings (SSSR count). The van der Waals surface area contributed by atoms with Crippen molar-refractivity contribution in [2.45, 2.75) is 19.3 Å². The lowest BCUT2D eigenvalue weighted by Gasteiger charge is -2.13. The van der Waals surface area contributed by atoms with E-state index in [0.717, 1.165) is 45.9 Å². The van der Waals surface area contributed by atoms with E-state index in [1.165, 1.54) is 0 Å². The van der Waals surface area contributed by atoms with Crippen LogP contribution in [0.25, 0.3) is 22.0 Å². The molecule has 0 aliphatic carbocycles. The van der Waals surface area contributed by atoms with Crippen LogP contribution in [0.3, 0.4) is 0 Å². The van der Waals surface area contributed by atoms with Gasteiger partial charge >= 0.3 is 0 Å². The number of nitrogens with zero attached hydrogens (tertiary/aromatic N) is 2. The van der Waals surface area contributed by atoms with Gasteiger partial charge in [0.05, 0.1) is 24.1 Å². The molecule has 1 unspecified atom stereocenters. The Bertz CT molecular complexity index is 960. The topological polar surface area (TPSA) is 74.0 Å². The minimum atomic E-state index is -0.342. The summed E-state index contributed by atoms with van der Waals surface area (Å²) in [5.41, 5.74) is 4.97. The molecule has 1 aromatic heterocycles. The number of aliphatic hydroxyl groups is 1. The molecule has 0 bridgehead atoms. The Morgan fingerprint density at radius 1 is 1.19 bits per heavy atom. The molecule has 0 radical (unpaired) electrons. The third-order valence-corrected chi connectivity index (χ3v) is 4.56. The van der Waals surface area contributed by atoms with Crippen LogP contribution in [0.15, 0.2) is 54.7 Å². The van der Waals surface area contributed by atoms with Gasteiger partial charge in [-0.25, -0.2) is 0 Å². The summed E-state index contributed by atoms with van der Waals surface area (Å²) in [6.07, 6.45) is 4.33. The van der Waals surface area contributed by atoms with E-state index in [1.54, 1.807) is 6.20 Å². The second kappa shape index (κ2) is 8.37. The van der Waals surface area contributed by atoms with E-state index < -0.39 is 0 Å². The van der Waals surface area contributed by atoms with Crippen LogP contribution in [0.1, 0.15) is 17.5 Å². The first kappa shape index (κ1) is 17.8. The maximum Gasteiger partial charge on any atom is 0.124 e. The Labute approximate surface area is 152 Å². The van der Waals surface area contributed by atoms with Crippen LogP contribution in [-0.2, 0) is 17.6 Å². The molecule has 4 heteroatoms. The van der Waals surface area contributed by atoms with Gasteiger partial charge in [-0.1, -0.05) is 42.5 Å². The number of para-hydroxylation sites is 1. The van der Waals surface area contributed by atoms with Crippen LogP contribution in [0.2, 0.25) is 0 Å². The second-order valence-corrected chi connectivity index (χ2v) is 6.29. The molecule has 0 aliphatic rings. The third kappa shape index (κ3) is 3.79. The highest BCUT2D eigenvalue weighted by Gasteiger charge is 2.12. The zero-order valence-corrected chi connectivity index (χ0v) is 14.4. The SMILES string of the molecule is N#CC(CO)CCc1cccc(-c2c(CC=O)cnc3ccccc23)c1. The van der Waals surface area contributed by atoms with E-state index in [0.29, 0.717) is 12.8 Å². The van der Waals surface area contributed by atoms with Crippen molar-refractivity contribution in [3.05, 3.63) is 65.9 Å². The Balaban J connectivity index is 2.03. The molecule has 4 nitrogen and oxygen atoms in total. The smallest absolute Gasteiger partial charge is 0.124 e. The summed E-state index contributed by atoms with van der Waals surface area (Å²) >= 11 is 0. The quantitative estimate of drug-likeness (QED) is 0.663. The number of carbonyl (C=O) groups excluding carboxylic acids is 1. The normalized spacial score (nSPS) is 11.8. The van der Waals surface area contributed by atoms with Crippen molar-refractivity contribution in [2.24, 2.45) is 5.92 Å². The minimum absolute atomic E-state index is 0.116. The first-order chi connectivity index (χ1) is 12.8. The summed E-state index contributed by atoms with van der Waals surface area (Å²) in [5, 5.41) is 19.2. The van der Waals surface area contributed by atoms with Crippen molar-refractivity contribution < 1.29 is 9.90 Å². The van der Waals surface area contributed by atoms with Crippen molar-refractivity contribution in [3.8, 4) is 17.2 Å². The van der Waals surface area contributed by atoms with Crippen molar-refractivity contribution in [1.82, 2.24) is 4.98 Å². The van der Waals surface area contributed by atoms with Gasteiger partial charge in [0.25, 0.3) is 0 Å². The number of hydrogen-bond donors (Lipinski definition) is 1. The van der Waals surface area contributed by atoms with Crippen LogP contribution in [0.5, 0.6) is 0 Å². The summed E-state index contributed by atoms with van der Waals surface area (Å²) < 4.78 is 0. The Morgan fingerprint density at radius 3 is 2.81 bits per heavy atom. The summed E-state index contributed by atoms with van der Waals surface area (Å²) in [7, 11) is 0. The molecule has 1 heterocycles. The fourth-order valence-corrected chi connectivity index (χ4v) is 3.19. The molecule has 1 N–H and O–H groups in total. The average Bonchev–Trinajstić information content (AvgIpc) is 2.69. The van der Waals surface area contributed by atoms with E-state index in [2.05, 4.69) is 17.1 Å². The number of aryl methyl sites for hydroxylation is 1. The maximum atomic E-state index is 11.1. The van der Waals surface area contributed by atoms with E-state index in [1.807, 2.05) is 42.5 Å². The Kier molecular flexibility index (Phi) is 5.73. The average molecular weight is 344 g/mol. The zero-order chi connectivity index (χ0) is 18.4. The fraction of sp³-hybridized carbons (Fsp3) is 0.227. The molecule has 0 fully saturated rings. The van der Waals surface area contributed by atoms with Gasteiger partial charge in [0.2, 0.25) is 0 Å². The number of aromatic nitrogens is 1. The molecular weight excluding hydrogens is 324 g/mol. The third-order valence-electron chi connectivity index (χ3n) is 4.56. The van der Waals surface area contributed by atoms with Gasteiger partial charge in [-0.2, -0.15) is 5.26 Å². The summed E-state index contributed by atoms with van der Waals surface area (Å²) in [4.78, 5) is 15.6. The van der Waals surface area contributed by atoms with Gasteiger partial charge in [-0.15, -0.1) is 0 Å². The van der Waals surface area contributed by atoms with E-state index >= 15 is 0 Å². The van der Waals surface area contributed by atoms with Gasteiger partial charge in [0.15, 0.2) is 0 Å². The predicted molar refractivity (Wildman–Crippen MR) is 101 cm³/mol. The van der Waals surface area contributed by atoms with Gasteiger partial charge < -0.3 is 9.90 Å². The van der Waals surface area contributed by atoms with Crippen LogP contribution in [-0.4, -0.2) is 23.0 Å². The van der Waals surface area contributed by atoms with Crippen molar-refractivity contribution >= 4 is 17.2 Å². The Hall–Kier alpha value is -3.03. The number of carbonyl (C=O) groups is 1. The van der Waals surface area contributed by atoms with Crippen molar-refractivity contribution in [1.29, 1.82) is 5.26 Å². The molecule has 0 saturated heterocycles. The predicted octanol–water partition coefficient (Wildman–Crippen LogP) is 3.71. The number of aliphatic hydroxyl groups excluding tert-OH is 1. The van der Waals surface area contributed by atoms with Crippen molar-refractivity contribution in [2.75, 3.05) is 6.61 Å². The van der Waals surface area contributed by atoms with E-state index in [-0.39, 0.29) is 12.5 Å². The number of benzene rings is 2. The van der Waals surface area contributed by atoms with E-state index in [9.17, 15) is 9.90 Å².